The van der Waals surface area contributed by atoms with Crippen molar-refractivity contribution < 1.29 is 9.53 Å². The lowest BCUT2D eigenvalue weighted by Crippen LogP contribution is -2.05. The average molecular weight is 234 g/mol. The maximum atomic E-state index is 11.2. The molecule has 1 aromatic rings. The third-order valence-electron chi connectivity index (χ3n) is 2.59. The van der Waals surface area contributed by atoms with Gasteiger partial charge >= 0.3 is 5.97 Å². The van der Waals surface area contributed by atoms with Crippen molar-refractivity contribution >= 4 is 5.97 Å². The van der Waals surface area contributed by atoms with Crippen LogP contribution < -0.4 is 0 Å². The molecule has 0 spiro atoms. The van der Waals surface area contributed by atoms with Gasteiger partial charge in [-0.2, -0.15) is 0 Å². The van der Waals surface area contributed by atoms with Crippen molar-refractivity contribution in [2.45, 2.75) is 40.0 Å². The highest BCUT2D eigenvalue weighted by atomic mass is 16.5. The summed E-state index contributed by atoms with van der Waals surface area (Å²) in [5.74, 6) is 0.569. The van der Waals surface area contributed by atoms with E-state index in [4.69, 9.17) is 4.74 Å². The molecule has 0 unspecified atom stereocenters. The second-order valence-electron chi connectivity index (χ2n) is 4.72. The summed E-state index contributed by atoms with van der Waals surface area (Å²) >= 11 is 0. The number of hydrogen-bond donors (Lipinski definition) is 0. The SMILES string of the molecule is CCOC(=O)CCc1ccc(CC(C)C)cc1. The molecule has 0 amide bonds. The van der Waals surface area contributed by atoms with Crippen molar-refractivity contribution in [3.05, 3.63) is 35.4 Å². The van der Waals surface area contributed by atoms with Crippen LogP contribution in [0.1, 0.15) is 38.3 Å². The molecule has 0 aliphatic rings. The molecule has 94 valence electrons. The number of carbonyl (C=O) groups excluding carboxylic acids is 1. The fourth-order valence-corrected chi connectivity index (χ4v) is 1.79. The normalized spacial score (nSPS) is 10.6. The molecule has 0 radical (unpaired) electrons. The maximum absolute atomic E-state index is 11.2. The third-order valence-corrected chi connectivity index (χ3v) is 2.59. The Morgan fingerprint density at radius 1 is 1.18 bits per heavy atom. The Hall–Kier alpha value is -1.31. The van der Waals surface area contributed by atoms with Gasteiger partial charge in [0.1, 0.15) is 0 Å². The standard InChI is InChI=1S/C15H22O2/c1-4-17-15(16)10-9-13-5-7-14(8-6-13)11-12(2)3/h5-8,12H,4,9-11H2,1-3H3. The van der Waals surface area contributed by atoms with Gasteiger partial charge in [-0.3, -0.25) is 4.79 Å². The second-order valence-corrected chi connectivity index (χ2v) is 4.72. The molecule has 0 atom stereocenters. The average Bonchev–Trinajstić information content (AvgIpc) is 2.28. The zero-order valence-corrected chi connectivity index (χ0v) is 11.0. The summed E-state index contributed by atoms with van der Waals surface area (Å²) in [7, 11) is 0. The first kappa shape index (κ1) is 13.8. The fraction of sp³-hybridized carbons (Fsp3) is 0.533. The van der Waals surface area contributed by atoms with Crippen LogP contribution in [0.4, 0.5) is 0 Å². The van der Waals surface area contributed by atoms with E-state index in [-0.39, 0.29) is 5.97 Å². The van der Waals surface area contributed by atoms with Crippen LogP contribution in [-0.2, 0) is 22.4 Å². The molecule has 17 heavy (non-hydrogen) atoms. The van der Waals surface area contributed by atoms with E-state index in [0.717, 1.165) is 12.8 Å². The molecule has 2 heteroatoms. The summed E-state index contributed by atoms with van der Waals surface area (Å²) in [5.41, 5.74) is 2.56. The number of benzene rings is 1. The van der Waals surface area contributed by atoms with Crippen LogP contribution in [0.2, 0.25) is 0 Å². The van der Waals surface area contributed by atoms with E-state index in [2.05, 4.69) is 38.1 Å². The van der Waals surface area contributed by atoms with Gasteiger partial charge in [-0.15, -0.1) is 0 Å². The van der Waals surface area contributed by atoms with Crippen LogP contribution in [0.5, 0.6) is 0 Å². The smallest absolute Gasteiger partial charge is 0.306 e. The Bertz CT molecular complexity index is 338. The molecule has 0 saturated heterocycles. The third kappa shape index (κ3) is 5.53. The first-order valence-electron chi connectivity index (χ1n) is 6.35. The first-order chi connectivity index (χ1) is 8.11. The molecule has 0 saturated carbocycles. The lowest BCUT2D eigenvalue weighted by atomic mass is 10.0. The van der Waals surface area contributed by atoms with Gasteiger partial charge < -0.3 is 4.74 Å². The van der Waals surface area contributed by atoms with Gasteiger partial charge in [0.25, 0.3) is 0 Å². The second kappa shape index (κ2) is 7.10. The Kier molecular flexibility index (Phi) is 5.75. The molecule has 2 nitrogen and oxygen atoms in total. The zero-order chi connectivity index (χ0) is 12.7. The molecule has 1 aromatic carbocycles. The van der Waals surface area contributed by atoms with Crippen LogP contribution in [0, 0.1) is 5.92 Å². The number of esters is 1. The van der Waals surface area contributed by atoms with Gasteiger partial charge in [-0.1, -0.05) is 38.1 Å². The van der Waals surface area contributed by atoms with Crippen molar-refractivity contribution in [1.29, 1.82) is 0 Å². The van der Waals surface area contributed by atoms with E-state index in [0.29, 0.717) is 18.9 Å². The van der Waals surface area contributed by atoms with Crippen LogP contribution in [0.15, 0.2) is 24.3 Å². The molecule has 0 N–H and O–H groups in total. The highest BCUT2D eigenvalue weighted by Crippen LogP contribution is 2.11. The quantitative estimate of drug-likeness (QED) is 0.705. The summed E-state index contributed by atoms with van der Waals surface area (Å²) in [6.07, 6.45) is 2.34. The summed E-state index contributed by atoms with van der Waals surface area (Å²) < 4.78 is 4.90. The minimum Gasteiger partial charge on any atom is -0.466 e. The van der Waals surface area contributed by atoms with Crippen molar-refractivity contribution in [3.8, 4) is 0 Å². The number of ether oxygens (including phenoxy) is 1. The molecule has 0 bridgehead atoms. The Balaban J connectivity index is 2.42. The predicted octanol–water partition coefficient (Wildman–Crippen LogP) is 3.38. The van der Waals surface area contributed by atoms with Crippen molar-refractivity contribution in [2.24, 2.45) is 5.92 Å². The van der Waals surface area contributed by atoms with Crippen LogP contribution >= 0.6 is 0 Å². The maximum Gasteiger partial charge on any atom is 0.306 e. The highest BCUT2D eigenvalue weighted by molar-refractivity contribution is 5.69. The molecule has 0 fully saturated rings. The molecular weight excluding hydrogens is 212 g/mol. The summed E-state index contributed by atoms with van der Waals surface area (Å²) in [5, 5.41) is 0. The van der Waals surface area contributed by atoms with Gasteiger partial charge in [0.15, 0.2) is 0 Å². The van der Waals surface area contributed by atoms with Crippen LogP contribution in [0.25, 0.3) is 0 Å². The molecular formula is C15H22O2. The topological polar surface area (TPSA) is 26.3 Å². The number of carbonyl (C=O) groups is 1. The number of aryl methyl sites for hydroxylation is 1. The van der Waals surface area contributed by atoms with Gasteiger partial charge in [0.05, 0.1) is 6.61 Å². The Morgan fingerprint density at radius 2 is 1.76 bits per heavy atom. The zero-order valence-electron chi connectivity index (χ0n) is 11.0. The first-order valence-corrected chi connectivity index (χ1v) is 6.35. The fourth-order valence-electron chi connectivity index (χ4n) is 1.79. The van der Waals surface area contributed by atoms with E-state index in [1.54, 1.807) is 0 Å². The van der Waals surface area contributed by atoms with Crippen molar-refractivity contribution in [2.75, 3.05) is 6.61 Å². The number of hydrogen-bond acceptors (Lipinski definition) is 2. The lowest BCUT2D eigenvalue weighted by Gasteiger charge is -2.06. The highest BCUT2D eigenvalue weighted by Gasteiger charge is 2.03. The van der Waals surface area contributed by atoms with E-state index >= 15 is 0 Å². The van der Waals surface area contributed by atoms with Gasteiger partial charge in [0.2, 0.25) is 0 Å². The van der Waals surface area contributed by atoms with Gasteiger partial charge in [-0.05, 0) is 36.8 Å². The minimum atomic E-state index is -0.112. The van der Waals surface area contributed by atoms with E-state index in [1.165, 1.54) is 11.1 Å². The Labute approximate surface area is 104 Å². The number of rotatable bonds is 6. The Morgan fingerprint density at radius 3 is 2.29 bits per heavy atom. The molecule has 0 aliphatic heterocycles. The summed E-state index contributed by atoms with van der Waals surface area (Å²) in [6.45, 7) is 6.73. The molecule has 0 aliphatic carbocycles. The van der Waals surface area contributed by atoms with Gasteiger partial charge in [-0.25, -0.2) is 0 Å². The van der Waals surface area contributed by atoms with E-state index in [1.807, 2.05) is 6.92 Å². The van der Waals surface area contributed by atoms with E-state index in [9.17, 15) is 4.79 Å². The van der Waals surface area contributed by atoms with Gasteiger partial charge in [0, 0.05) is 6.42 Å². The van der Waals surface area contributed by atoms with E-state index < -0.39 is 0 Å². The molecule has 0 aromatic heterocycles. The van der Waals surface area contributed by atoms with Crippen molar-refractivity contribution in [3.63, 3.8) is 0 Å². The monoisotopic (exact) mass is 234 g/mol. The van der Waals surface area contributed by atoms with Crippen LogP contribution in [0.3, 0.4) is 0 Å². The summed E-state index contributed by atoms with van der Waals surface area (Å²) in [4.78, 5) is 11.2. The molecule has 1 rings (SSSR count). The van der Waals surface area contributed by atoms with Crippen LogP contribution in [-0.4, -0.2) is 12.6 Å². The summed E-state index contributed by atoms with van der Waals surface area (Å²) in [6, 6.07) is 8.52. The largest absolute Gasteiger partial charge is 0.466 e. The minimum absolute atomic E-state index is 0.112. The van der Waals surface area contributed by atoms with Crippen molar-refractivity contribution in [1.82, 2.24) is 0 Å². The molecule has 0 heterocycles. The predicted molar refractivity (Wildman–Crippen MR) is 69.9 cm³/mol. The lowest BCUT2D eigenvalue weighted by molar-refractivity contribution is -0.143.